The zero-order valence-corrected chi connectivity index (χ0v) is 12.5. The van der Waals surface area contributed by atoms with Gasteiger partial charge in [-0.05, 0) is 38.1 Å². The Kier molecular flexibility index (Phi) is 4.17. The highest BCUT2D eigenvalue weighted by Crippen LogP contribution is 2.38. The van der Waals surface area contributed by atoms with E-state index in [1.807, 2.05) is 0 Å². The molecule has 3 rings (SSSR count). The average Bonchev–Trinajstić information content (AvgIpc) is 2.74. The molecule has 1 spiro atoms. The number of ether oxygens (including phenoxy) is 1. The molecule has 2 heterocycles. The van der Waals surface area contributed by atoms with Gasteiger partial charge in [0.2, 0.25) is 0 Å². The van der Waals surface area contributed by atoms with Crippen molar-refractivity contribution in [2.24, 2.45) is 17.6 Å². The van der Waals surface area contributed by atoms with E-state index >= 15 is 0 Å². The van der Waals surface area contributed by atoms with Crippen molar-refractivity contribution >= 4 is 11.9 Å². The molecule has 3 amide bonds. The summed E-state index contributed by atoms with van der Waals surface area (Å²) >= 11 is 0. The molecule has 3 fully saturated rings. The summed E-state index contributed by atoms with van der Waals surface area (Å²) in [6.45, 7) is 2.43. The van der Waals surface area contributed by atoms with Gasteiger partial charge in [-0.15, -0.1) is 0 Å². The summed E-state index contributed by atoms with van der Waals surface area (Å²) in [5.41, 5.74) is 5.13. The number of urea groups is 1. The van der Waals surface area contributed by atoms with E-state index < -0.39 is 5.54 Å². The molecule has 2 atom stereocenters. The quantitative estimate of drug-likeness (QED) is 0.756. The zero-order chi connectivity index (χ0) is 14.9. The average molecular weight is 295 g/mol. The van der Waals surface area contributed by atoms with Gasteiger partial charge in [0.05, 0.1) is 0 Å². The van der Waals surface area contributed by atoms with Crippen LogP contribution in [0.25, 0.3) is 0 Å². The van der Waals surface area contributed by atoms with Crippen molar-refractivity contribution in [1.82, 2.24) is 10.2 Å². The third-order valence-corrected chi connectivity index (χ3v) is 5.34. The van der Waals surface area contributed by atoms with Crippen LogP contribution >= 0.6 is 0 Å². The molecule has 1 aliphatic carbocycles. The van der Waals surface area contributed by atoms with Crippen molar-refractivity contribution in [3.63, 3.8) is 0 Å². The van der Waals surface area contributed by atoms with Gasteiger partial charge in [-0.3, -0.25) is 9.69 Å². The summed E-state index contributed by atoms with van der Waals surface area (Å²) in [6, 6.07) is -0.230. The van der Waals surface area contributed by atoms with Crippen molar-refractivity contribution in [1.29, 1.82) is 0 Å². The number of hydrogen-bond acceptors (Lipinski definition) is 4. The number of nitrogens with one attached hydrogen (secondary N) is 1. The number of carbonyl (C=O) groups excluding carboxylic acids is 2. The standard InChI is InChI=1S/C15H25N3O3/c16-9-12-3-1-2-6-15(12)13(19)18(14(20)17-15)10-11-4-7-21-8-5-11/h11-12H,1-10,16H2,(H,17,20). The van der Waals surface area contributed by atoms with Gasteiger partial charge in [-0.2, -0.15) is 0 Å². The maximum absolute atomic E-state index is 12.9. The minimum Gasteiger partial charge on any atom is -0.381 e. The van der Waals surface area contributed by atoms with E-state index in [2.05, 4.69) is 5.32 Å². The second-order valence-electron chi connectivity index (χ2n) is 6.55. The third kappa shape index (κ3) is 2.55. The first-order valence-corrected chi connectivity index (χ1v) is 8.09. The molecule has 6 nitrogen and oxygen atoms in total. The lowest BCUT2D eigenvalue weighted by molar-refractivity contribution is -0.135. The normalized spacial score (nSPS) is 34.5. The van der Waals surface area contributed by atoms with Crippen LogP contribution in [0.2, 0.25) is 0 Å². The third-order valence-electron chi connectivity index (χ3n) is 5.34. The van der Waals surface area contributed by atoms with Crippen molar-refractivity contribution in [2.45, 2.75) is 44.1 Å². The summed E-state index contributed by atoms with van der Waals surface area (Å²) in [7, 11) is 0. The Bertz CT molecular complexity index is 422. The summed E-state index contributed by atoms with van der Waals surface area (Å²) in [4.78, 5) is 26.6. The van der Waals surface area contributed by atoms with Gasteiger partial charge in [0.25, 0.3) is 5.91 Å². The summed E-state index contributed by atoms with van der Waals surface area (Å²) < 4.78 is 5.34. The Labute approximate surface area is 125 Å². The second kappa shape index (κ2) is 5.93. The lowest BCUT2D eigenvalue weighted by Crippen LogP contribution is -2.57. The van der Waals surface area contributed by atoms with Gasteiger partial charge in [0, 0.05) is 25.7 Å². The number of carbonyl (C=O) groups is 2. The maximum atomic E-state index is 12.9. The molecule has 0 radical (unpaired) electrons. The summed E-state index contributed by atoms with van der Waals surface area (Å²) in [6.07, 6.45) is 5.56. The lowest BCUT2D eigenvalue weighted by Gasteiger charge is -2.38. The molecular weight excluding hydrogens is 270 g/mol. The highest BCUT2D eigenvalue weighted by molar-refractivity contribution is 6.07. The van der Waals surface area contributed by atoms with E-state index in [0.717, 1.165) is 51.7 Å². The monoisotopic (exact) mass is 295 g/mol. The van der Waals surface area contributed by atoms with Crippen LogP contribution in [0, 0.1) is 11.8 Å². The fourth-order valence-corrected chi connectivity index (χ4v) is 4.01. The number of amides is 3. The zero-order valence-electron chi connectivity index (χ0n) is 12.5. The van der Waals surface area contributed by atoms with Gasteiger partial charge in [-0.25, -0.2) is 4.79 Å². The van der Waals surface area contributed by atoms with E-state index in [4.69, 9.17) is 10.5 Å². The van der Waals surface area contributed by atoms with Gasteiger partial charge >= 0.3 is 6.03 Å². The molecule has 2 saturated heterocycles. The fraction of sp³-hybridized carbons (Fsp3) is 0.867. The molecule has 0 aromatic carbocycles. The highest BCUT2D eigenvalue weighted by Gasteiger charge is 2.55. The van der Waals surface area contributed by atoms with Crippen molar-refractivity contribution in [3.8, 4) is 0 Å². The first-order valence-electron chi connectivity index (χ1n) is 8.09. The van der Waals surface area contributed by atoms with Crippen LogP contribution < -0.4 is 11.1 Å². The van der Waals surface area contributed by atoms with Crippen LogP contribution in [0.4, 0.5) is 4.79 Å². The van der Waals surface area contributed by atoms with Crippen LogP contribution in [-0.4, -0.2) is 48.7 Å². The molecule has 1 saturated carbocycles. The molecule has 2 aliphatic heterocycles. The van der Waals surface area contributed by atoms with Gasteiger partial charge in [0.1, 0.15) is 5.54 Å². The Hall–Kier alpha value is -1.14. The fourth-order valence-electron chi connectivity index (χ4n) is 4.01. The molecule has 0 aromatic rings. The van der Waals surface area contributed by atoms with E-state index in [1.165, 1.54) is 4.90 Å². The van der Waals surface area contributed by atoms with Gasteiger partial charge in [0.15, 0.2) is 0 Å². The SMILES string of the molecule is NCC1CCCCC12NC(=O)N(CC1CCOCC1)C2=O. The smallest absolute Gasteiger partial charge is 0.325 e. The number of nitrogens with zero attached hydrogens (tertiary/aromatic N) is 1. The van der Waals surface area contributed by atoms with E-state index in [0.29, 0.717) is 19.0 Å². The summed E-state index contributed by atoms with van der Waals surface area (Å²) in [5.74, 6) is 0.389. The van der Waals surface area contributed by atoms with E-state index in [9.17, 15) is 9.59 Å². The molecule has 0 bridgehead atoms. The maximum Gasteiger partial charge on any atom is 0.325 e. The minimum absolute atomic E-state index is 0.0471. The minimum atomic E-state index is -0.727. The molecule has 118 valence electrons. The topological polar surface area (TPSA) is 84.7 Å². The molecule has 3 aliphatic rings. The van der Waals surface area contributed by atoms with E-state index in [-0.39, 0.29) is 17.9 Å². The molecule has 6 heteroatoms. The van der Waals surface area contributed by atoms with Crippen molar-refractivity contribution < 1.29 is 14.3 Å². The molecule has 2 unspecified atom stereocenters. The van der Waals surface area contributed by atoms with Crippen molar-refractivity contribution in [2.75, 3.05) is 26.3 Å². The Morgan fingerprint density at radius 3 is 2.71 bits per heavy atom. The number of imide groups is 1. The van der Waals surface area contributed by atoms with Crippen LogP contribution in [0.3, 0.4) is 0 Å². The van der Waals surface area contributed by atoms with Crippen LogP contribution in [-0.2, 0) is 9.53 Å². The highest BCUT2D eigenvalue weighted by atomic mass is 16.5. The number of rotatable bonds is 3. The van der Waals surface area contributed by atoms with Gasteiger partial charge in [-0.1, -0.05) is 12.8 Å². The number of nitrogens with two attached hydrogens (primary N) is 1. The van der Waals surface area contributed by atoms with Crippen LogP contribution in [0.1, 0.15) is 38.5 Å². The molecular formula is C15H25N3O3. The Morgan fingerprint density at radius 2 is 2.00 bits per heavy atom. The first-order chi connectivity index (χ1) is 10.2. The predicted octanol–water partition coefficient (Wildman–Crippen LogP) is 0.853. The first kappa shape index (κ1) is 14.8. The van der Waals surface area contributed by atoms with Crippen LogP contribution in [0.5, 0.6) is 0 Å². The van der Waals surface area contributed by atoms with Crippen molar-refractivity contribution in [3.05, 3.63) is 0 Å². The largest absolute Gasteiger partial charge is 0.381 e. The van der Waals surface area contributed by atoms with E-state index in [1.54, 1.807) is 0 Å². The Morgan fingerprint density at radius 1 is 1.24 bits per heavy atom. The van der Waals surface area contributed by atoms with Crippen LogP contribution in [0.15, 0.2) is 0 Å². The second-order valence-corrected chi connectivity index (χ2v) is 6.55. The Balaban J connectivity index is 1.74. The van der Waals surface area contributed by atoms with Gasteiger partial charge < -0.3 is 15.8 Å². The molecule has 21 heavy (non-hydrogen) atoms. The lowest BCUT2D eigenvalue weighted by atomic mass is 9.72. The molecule has 0 aromatic heterocycles. The predicted molar refractivity (Wildman–Crippen MR) is 77.5 cm³/mol. The molecule has 3 N–H and O–H groups in total. The number of hydrogen-bond donors (Lipinski definition) is 2. The summed E-state index contributed by atoms with van der Waals surface area (Å²) in [5, 5.41) is 2.99.